The fourth-order valence-corrected chi connectivity index (χ4v) is 5.12. The predicted molar refractivity (Wildman–Crippen MR) is 130 cm³/mol. The van der Waals surface area contributed by atoms with Crippen molar-refractivity contribution in [2.24, 2.45) is 5.92 Å². The zero-order valence-electron chi connectivity index (χ0n) is 19.9. The van der Waals surface area contributed by atoms with Crippen LogP contribution in [0, 0.1) is 5.92 Å². The monoisotopic (exact) mass is 480 g/mol. The van der Waals surface area contributed by atoms with E-state index in [1.54, 1.807) is 7.11 Å². The molecule has 0 aromatic heterocycles. The van der Waals surface area contributed by atoms with Crippen molar-refractivity contribution in [2.75, 3.05) is 20.3 Å². The number of nitrogens with one attached hydrogen (secondary N) is 2. The van der Waals surface area contributed by atoms with Gasteiger partial charge in [0.05, 0.1) is 5.92 Å². The van der Waals surface area contributed by atoms with E-state index in [0.29, 0.717) is 38.7 Å². The number of carboxylic acids is 1. The van der Waals surface area contributed by atoms with Gasteiger partial charge in [0.25, 0.3) is 0 Å². The van der Waals surface area contributed by atoms with E-state index in [2.05, 4.69) is 22.8 Å². The molecule has 4 rings (SSSR count). The Balaban J connectivity index is 1.36. The minimum atomic E-state index is -0.838. The van der Waals surface area contributed by atoms with Crippen LogP contribution in [-0.2, 0) is 19.1 Å². The highest BCUT2D eigenvalue weighted by Gasteiger charge is 2.33. The molecule has 8 heteroatoms. The number of carboxylic acid groups (broad SMARTS) is 1. The molecule has 3 unspecified atom stereocenters. The highest BCUT2D eigenvalue weighted by Crippen LogP contribution is 2.44. The third-order valence-corrected chi connectivity index (χ3v) is 6.92. The second kappa shape index (κ2) is 11.4. The number of carbonyl (C=O) groups excluding carboxylic acids is 2. The number of fused-ring (bicyclic) bond motifs is 3. The first kappa shape index (κ1) is 24.7. The maximum Gasteiger partial charge on any atom is 0.407 e. The summed E-state index contributed by atoms with van der Waals surface area (Å²) in [6.45, 7) is 0.621. The van der Waals surface area contributed by atoms with Crippen LogP contribution in [0.5, 0.6) is 0 Å². The molecule has 0 radical (unpaired) electrons. The van der Waals surface area contributed by atoms with Crippen molar-refractivity contribution in [1.29, 1.82) is 0 Å². The number of ether oxygens (including phenoxy) is 2. The first-order chi connectivity index (χ1) is 17.0. The number of amides is 2. The quantitative estimate of drug-likeness (QED) is 0.447. The molecule has 2 aromatic carbocycles. The van der Waals surface area contributed by atoms with Gasteiger partial charge in [-0.05, 0) is 54.4 Å². The van der Waals surface area contributed by atoms with Gasteiger partial charge in [-0.1, -0.05) is 48.5 Å². The average Bonchev–Trinajstić information content (AvgIpc) is 3.45. The van der Waals surface area contributed by atoms with Gasteiger partial charge in [0.1, 0.15) is 12.6 Å². The normalized spacial score (nSPS) is 19.5. The highest BCUT2D eigenvalue weighted by atomic mass is 16.5. The molecule has 2 aliphatic carbocycles. The summed E-state index contributed by atoms with van der Waals surface area (Å²) in [7, 11) is 1.58. The number of alkyl carbamates (subject to hydrolysis) is 1. The van der Waals surface area contributed by atoms with Crippen LogP contribution >= 0.6 is 0 Å². The lowest BCUT2D eigenvalue weighted by Gasteiger charge is -2.22. The summed E-state index contributed by atoms with van der Waals surface area (Å²) in [5.74, 6) is -1.68. The molecule has 8 nitrogen and oxygen atoms in total. The Morgan fingerprint density at radius 3 is 2.29 bits per heavy atom. The number of hydrogen-bond acceptors (Lipinski definition) is 5. The van der Waals surface area contributed by atoms with Crippen LogP contribution in [0.25, 0.3) is 11.1 Å². The Bertz CT molecular complexity index is 1030. The first-order valence-electron chi connectivity index (χ1n) is 12.1. The van der Waals surface area contributed by atoms with Crippen LogP contribution in [0.15, 0.2) is 48.5 Å². The lowest BCUT2D eigenvalue weighted by molar-refractivity contribution is -0.141. The topological polar surface area (TPSA) is 114 Å². The lowest BCUT2D eigenvalue weighted by Crippen LogP contribution is -2.49. The van der Waals surface area contributed by atoms with E-state index in [1.165, 1.54) is 0 Å². The van der Waals surface area contributed by atoms with Crippen molar-refractivity contribution < 1.29 is 29.0 Å². The van der Waals surface area contributed by atoms with Crippen molar-refractivity contribution in [3.05, 3.63) is 59.7 Å². The molecule has 0 saturated heterocycles. The molecule has 2 aromatic rings. The van der Waals surface area contributed by atoms with E-state index in [9.17, 15) is 19.5 Å². The van der Waals surface area contributed by atoms with Crippen molar-refractivity contribution in [3.8, 4) is 11.1 Å². The number of hydrogen-bond donors (Lipinski definition) is 3. The number of rotatable bonds is 10. The third kappa shape index (κ3) is 5.82. The summed E-state index contributed by atoms with van der Waals surface area (Å²) < 4.78 is 10.7. The number of methoxy groups -OCH3 is 1. The molecular weight excluding hydrogens is 448 g/mol. The molecule has 186 valence electrons. The Morgan fingerprint density at radius 2 is 1.69 bits per heavy atom. The molecule has 2 amide bonds. The van der Waals surface area contributed by atoms with Crippen LogP contribution in [0.2, 0.25) is 0 Å². The van der Waals surface area contributed by atoms with Gasteiger partial charge in [0, 0.05) is 25.7 Å². The van der Waals surface area contributed by atoms with E-state index >= 15 is 0 Å². The summed E-state index contributed by atoms with van der Waals surface area (Å²) in [6.07, 6.45) is 1.86. The van der Waals surface area contributed by atoms with Crippen molar-refractivity contribution in [2.45, 2.75) is 50.1 Å². The number of benzene rings is 2. The van der Waals surface area contributed by atoms with E-state index in [1.807, 2.05) is 36.4 Å². The van der Waals surface area contributed by atoms with E-state index in [-0.39, 0.29) is 24.5 Å². The lowest BCUT2D eigenvalue weighted by atomic mass is 9.98. The van der Waals surface area contributed by atoms with Crippen molar-refractivity contribution >= 4 is 18.0 Å². The second-order valence-electron chi connectivity index (χ2n) is 9.21. The number of carbonyl (C=O) groups is 3. The summed E-state index contributed by atoms with van der Waals surface area (Å²) in [6, 6.07) is 15.2. The Hall–Kier alpha value is -3.39. The standard InChI is InChI=1S/C27H32N2O6/c1-34-14-6-11-24(25(30)28-18-13-12-17(15-18)26(31)32)29-27(33)35-16-23-21-9-4-2-7-19(21)20-8-3-5-10-22(20)23/h2-5,7-10,17-18,23-24H,6,11-16H2,1H3,(H,28,30)(H,29,33)(H,31,32). The van der Waals surface area contributed by atoms with Crippen molar-refractivity contribution in [1.82, 2.24) is 10.6 Å². The van der Waals surface area contributed by atoms with Gasteiger partial charge in [-0.2, -0.15) is 0 Å². The molecule has 1 saturated carbocycles. The van der Waals surface area contributed by atoms with E-state index in [0.717, 1.165) is 22.3 Å². The fraction of sp³-hybridized carbons (Fsp3) is 0.444. The SMILES string of the molecule is COCCCC(NC(=O)OCC1c2ccccc2-c2ccccc21)C(=O)NC1CCC(C(=O)O)C1. The zero-order valence-corrected chi connectivity index (χ0v) is 19.9. The van der Waals surface area contributed by atoms with Crippen LogP contribution in [0.1, 0.15) is 49.1 Å². The van der Waals surface area contributed by atoms with Gasteiger partial charge in [0.2, 0.25) is 5.91 Å². The van der Waals surface area contributed by atoms with Crippen LogP contribution in [0.3, 0.4) is 0 Å². The minimum absolute atomic E-state index is 0.0691. The van der Waals surface area contributed by atoms with Gasteiger partial charge in [-0.15, -0.1) is 0 Å². The van der Waals surface area contributed by atoms with Crippen LogP contribution < -0.4 is 10.6 Å². The molecule has 0 spiro atoms. The van der Waals surface area contributed by atoms with Crippen LogP contribution in [-0.4, -0.2) is 55.5 Å². The highest BCUT2D eigenvalue weighted by molar-refractivity contribution is 5.86. The molecule has 3 N–H and O–H groups in total. The van der Waals surface area contributed by atoms with Gasteiger partial charge in [-0.25, -0.2) is 4.79 Å². The summed E-state index contributed by atoms with van der Waals surface area (Å²) >= 11 is 0. The molecule has 2 aliphatic rings. The molecule has 3 atom stereocenters. The molecular formula is C27H32N2O6. The van der Waals surface area contributed by atoms with Gasteiger partial charge < -0.3 is 25.2 Å². The van der Waals surface area contributed by atoms with Crippen LogP contribution in [0.4, 0.5) is 4.79 Å². The van der Waals surface area contributed by atoms with E-state index < -0.39 is 24.0 Å². The minimum Gasteiger partial charge on any atom is -0.481 e. The molecule has 35 heavy (non-hydrogen) atoms. The zero-order chi connectivity index (χ0) is 24.8. The molecule has 0 heterocycles. The maximum atomic E-state index is 12.9. The maximum absolute atomic E-state index is 12.9. The van der Waals surface area contributed by atoms with Crippen molar-refractivity contribution in [3.63, 3.8) is 0 Å². The molecule has 1 fully saturated rings. The van der Waals surface area contributed by atoms with Gasteiger partial charge >= 0.3 is 12.1 Å². The predicted octanol–water partition coefficient (Wildman–Crippen LogP) is 3.69. The summed E-state index contributed by atoms with van der Waals surface area (Å²) in [5.41, 5.74) is 4.52. The van der Waals surface area contributed by atoms with E-state index in [4.69, 9.17) is 9.47 Å². The van der Waals surface area contributed by atoms with Gasteiger partial charge in [0.15, 0.2) is 0 Å². The van der Waals surface area contributed by atoms with Gasteiger partial charge in [-0.3, -0.25) is 9.59 Å². The third-order valence-electron chi connectivity index (χ3n) is 6.92. The number of aliphatic carboxylic acids is 1. The largest absolute Gasteiger partial charge is 0.481 e. The average molecular weight is 481 g/mol. The smallest absolute Gasteiger partial charge is 0.407 e. The summed E-state index contributed by atoms with van der Waals surface area (Å²) in [4.78, 5) is 36.9. The molecule has 0 aliphatic heterocycles. The Labute approximate surface area is 205 Å². The Kier molecular flexibility index (Phi) is 8.02. The molecule has 0 bridgehead atoms. The first-order valence-corrected chi connectivity index (χ1v) is 12.1. The Morgan fingerprint density at radius 1 is 1.03 bits per heavy atom. The second-order valence-corrected chi connectivity index (χ2v) is 9.21. The fourth-order valence-electron chi connectivity index (χ4n) is 5.12. The summed E-state index contributed by atoms with van der Waals surface area (Å²) in [5, 5.41) is 14.8.